The average Bonchev–Trinajstić information content (AvgIpc) is 2.68. The van der Waals surface area contributed by atoms with Gasteiger partial charge in [0.1, 0.15) is 0 Å². The highest BCUT2D eigenvalue weighted by molar-refractivity contribution is 5.31. The molecular weight excluding hydrogens is 246 g/mol. The molecule has 1 aromatic carbocycles. The van der Waals surface area contributed by atoms with E-state index in [4.69, 9.17) is 4.74 Å². The van der Waals surface area contributed by atoms with Gasteiger partial charge < -0.3 is 10.1 Å². The quantitative estimate of drug-likeness (QED) is 0.844. The van der Waals surface area contributed by atoms with Crippen LogP contribution < -0.4 is 5.32 Å². The van der Waals surface area contributed by atoms with Crippen molar-refractivity contribution in [3.63, 3.8) is 0 Å². The summed E-state index contributed by atoms with van der Waals surface area (Å²) < 4.78 is 5.51. The van der Waals surface area contributed by atoms with E-state index >= 15 is 0 Å². The first-order chi connectivity index (χ1) is 9.77. The number of hydrogen-bond acceptors (Lipinski definition) is 2. The van der Waals surface area contributed by atoms with Gasteiger partial charge in [-0.25, -0.2) is 0 Å². The van der Waals surface area contributed by atoms with Crippen molar-refractivity contribution in [2.45, 2.75) is 51.5 Å². The van der Waals surface area contributed by atoms with Crippen LogP contribution in [0.1, 0.15) is 56.2 Å². The third kappa shape index (κ3) is 3.24. The van der Waals surface area contributed by atoms with Crippen LogP contribution >= 0.6 is 0 Å². The van der Waals surface area contributed by atoms with Gasteiger partial charge in [-0.15, -0.1) is 0 Å². The molecule has 1 atom stereocenters. The van der Waals surface area contributed by atoms with Gasteiger partial charge in [-0.05, 0) is 48.6 Å². The summed E-state index contributed by atoms with van der Waals surface area (Å²) in [6.07, 6.45) is 7.58. The van der Waals surface area contributed by atoms with Crippen LogP contribution in [0, 0.1) is 5.41 Å². The summed E-state index contributed by atoms with van der Waals surface area (Å²) >= 11 is 0. The Morgan fingerprint density at radius 2 is 2.00 bits per heavy atom. The first kappa shape index (κ1) is 14.1. The molecule has 2 nitrogen and oxygen atoms in total. The van der Waals surface area contributed by atoms with E-state index in [1.807, 2.05) is 0 Å². The number of fused-ring (bicyclic) bond motifs is 1. The highest BCUT2D eigenvalue weighted by Gasteiger charge is 2.28. The summed E-state index contributed by atoms with van der Waals surface area (Å²) in [5, 5.41) is 3.87. The molecular formula is C18H27NO. The summed E-state index contributed by atoms with van der Waals surface area (Å²) in [6.45, 7) is 5.39. The number of hydrogen-bond donors (Lipinski definition) is 1. The Morgan fingerprint density at radius 1 is 1.20 bits per heavy atom. The molecule has 1 saturated heterocycles. The molecule has 1 unspecified atom stereocenters. The van der Waals surface area contributed by atoms with Crippen molar-refractivity contribution in [1.29, 1.82) is 0 Å². The fraction of sp³-hybridized carbons (Fsp3) is 0.667. The molecule has 1 N–H and O–H groups in total. The van der Waals surface area contributed by atoms with E-state index in [1.54, 1.807) is 11.1 Å². The van der Waals surface area contributed by atoms with Gasteiger partial charge in [0.15, 0.2) is 0 Å². The minimum Gasteiger partial charge on any atom is -0.381 e. The number of benzene rings is 1. The van der Waals surface area contributed by atoms with E-state index < -0.39 is 0 Å². The van der Waals surface area contributed by atoms with E-state index in [2.05, 4.69) is 36.5 Å². The lowest BCUT2D eigenvalue weighted by atomic mass is 9.82. The summed E-state index contributed by atoms with van der Waals surface area (Å²) in [4.78, 5) is 0. The molecule has 110 valence electrons. The summed E-state index contributed by atoms with van der Waals surface area (Å²) in [7, 11) is 0. The molecule has 0 saturated carbocycles. The van der Waals surface area contributed by atoms with E-state index in [1.165, 1.54) is 38.5 Å². The van der Waals surface area contributed by atoms with Crippen LogP contribution in [0.25, 0.3) is 0 Å². The van der Waals surface area contributed by atoms with E-state index in [0.717, 1.165) is 19.8 Å². The van der Waals surface area contributed by atoms with Crippen molar-refractivity contribution in [3.8, 4) is 0 Å². The molecule has 20 heavy (non-hydrogen) atoms. The standard InChI is InChI=1S/C18H27NO/c1-18(10-12-20-13-11-18)14-19-17-9-5-3-7-15-6-2-4-8-16(15)17/h2,4,6,8,17,19H,3,5,7,9-14H2,1H3. The molecule has 1 aromatic rings. The zero-order chi connectivity index (χ0) is 13.8. The Bertz CT molecular complexity index is 437. The summed E-state index contributed by atoms with van der Waals surface area (Å²) in [6, 6.07) is 9.56. The average molecular weight is 273 g/mol. The van der Waals surface area contributed by atoms with Crippen molar-refractivity contribution < 1.29 is 4.74 Å². The number of ether oxygens (including phenoxy) is 1. The molecule has 1 aliphatic carbocycles. The largest absolute Gasteiger partial charge is 0.381 e. The fourth-order valence-electron chi connectivity index (χ4n) is 3.54. The van der Waals surface area contributed by atoms with Gasteiger partial charge in [0.25, 0.3) is 0 Å². The Morgan fingerprint density at radius 3 is 2.85 bits per heavy atom. The van der Waals surface area contributed by atoms with Gasteiger partial charge in [-0.1, -0.05) is 37.6 Å². The lowest BCUT2D eigenvalue weighted by molar-refractivity contribution is 0.0227. The molecule has 0 radical (unpaired) electrons. The Balaban J connectivity index is 1.67. The molecule has 3 rings (SSSR count). The van der Waals surface area contributed by atoms with Crippen LogP contribution in [0.2, 0.25) is 0 Å². The first-order valence-electron chi connectivity index (χ1n) is 8.16. The van der Waals surface area contributed by atoms with Crippen LogP contribution in [0.5, 0.6) is 0 Å². The van der Waals surface area contributed by atoms with Gasteiger partial charge in [0.2, 0.25) is 0 Å². The topological polar surface area (TPSA) is 21.3 Å². The van der Waals surface area contributed by atoms with Gasteiger partial charge in [0.05, 0.1) is 0 Å². The zero-order valence-electron chi connectivity index (χ0n) is 12.7. The molecule has 0 bridgehead atoms. The second-order valence-corrected chi connectivity index (χ2v) is 6.80. The number of nitrogens with one attached hydrogen (secondary N) is 1. The predicted molar refractivity (Wildman–Crippen MR) is 82.9 cm³/mol. The van der Waals surface area contributed by atoms with E-state index in [-0.39, 0.29) is 0 Å². The Labute approximate surface area is 122 Å². The molecule has 0 amide bonds. The van der Waals surface area contributed by atoms with Gasteiger partial charge in [0, 0.05) is 25.8 Å². The van der Waals surface area contributed by atoms with Crippen LogP contribution in [0.3, 0.4) is 0 Å². The third-order valence-electron chi connectivity index (χ3n) is 5.09. The maximum atomic E-state index is 5.51. The lowest BCUT2D eigenvalue weighted by Crippen LogP contribution is -2.38. The normalized spacial score (nSPS) is 25.8. The third-order valence-corrected chi connectivity index (χ3v) is 5.09. The van der Waals surface area contributed by atoms with Crippen molar-refractivity contribution in [2.75, 3.05) is 19.8 Å². The Kier molecular flexibility index (Phi) is 4.42. The minimum atomic E-state index is 0.416. The highest BCUT2D eigenvalue weighted by Crippen LogP contribution is 2.32. The molecule has 1 aliphatic heterocycles. The van der Waals surface area contributed by atoms with Gasteiger partial charge in [-0.2, -0.15) is 0 Å². The zero-order valence-corrected chi connectivity index (χ0v) is 12.7. The van der Waals surface area contributed by atoms with Crippen LogP contribution in [-0.4, -0.2) is 19.8 Å². The predicted octanol–water partition coefficient (Wildman–Crippen LogP) is 3.86. The maximum Gasteiger partial charge on any atom is 0.0471 e. The van der Waals surface area contributed by atoms with Crippen molar-refractivity contribution >= 4 is 0 Å². The number of aryl methyl sites for hydroxylation is 1. The second kappa shape index (κ2) is 6.28. The van der Waals surface area contributed by atoms with Crippen LogP contribution in [-0.2, 0) is 11.2 Å². The van der Waals surface area contributed by atoms with Crippen molar-refractivity contribution in [1.82, 2.24) is 5.32 Å². The first-order valence-corrected chi connectivity index (χ1v) is 8.16. The lowest BCUT2D eigenvalue weighted by Gasteiger charge is -2.35. The van der Waals surface area contributed by atoms with Crippen LogP contribution in [0.4, 0.5) is 0 Å². The number of rotatable bonds is 3. The molecule has 2 heteroatoms. The molecule has 2 aliphatic rings. The smallest absolute Gasteiger partial charge is 0.0471 e. The van der Waals surface area contributed by atoms with Gasteiger partial charge in [-0.3, -0.25) is 0 Å². The fourth-order valence-corrected chi connectivity index (χ4v) is 3.54. The molecule has 0 aromatic heterocycles. The SMILES string of the molecule is CC1(CNC2CCCCc3ccccc32)CCOCC1. The van der Waals surface area contributed by atoms with E-state index in [0.29, 0.717) is 11.5 Å². The second-order valence-electron chi connectivity index (χ2n) is 6.80. The van der Waals surface area contributed by atoms with Crippen molar-refractivity contribution in [3.05, 3.63) is 35.4 Å². The summed E-state index contributed by atoms with van der Waals surface area (Å²) in [5.74, 6) is 0. The minimum absolute atomic E-state index is 0.416. The van der Waals surface area contributed by atoms with Crippen molar-refractivity contribution in [2.24, 2.45) is 5.41 Å². The molecule has 0 spiro atoms. The maximum absolute atomic E-state index is 5.51. The monoisotopic (exact) mass is 273 g/mol. The molecule has 1 heterocycles. The molecule has 1 fully saturated rings. The van der Waals surface area contributed by atoms with E-state index in [9.17, 15) is 0 Å². The highest BCUT2D eigenvalue weighted by atomic mass is 16.5. The Hall–Kier alpha value is -0.860. The van der Waals surface area contributed by atoms with Gasteiger partial charge >= 0.3 is 0 Å². The summed E-state index contributed by atoms with van der Waals surface area (Å²) in [5.41, 5.74) is 3.51. The van der Waals surface area contributed by atoms with Crippen LogP contribution in [0.15, 0.2) is 24.3 Å².